The monoisotopic (exact) mass is 464 g/mol. The maximum atomic E-state index is 12.8. The van der Waals surface area contributed by atoms with E-state index in [1.54, 1.807) is 0 Å². The fraction of sp³-hybridized carbons (Fsp3) is 0.500. The number of nitrogens with one attached hydrogen (secondary N) is 1. The molecule has 33 heavy (non-hydrogen) atoms. The van der Waals surface area contributed by atoms with Crippen molar-refractivity contribution in [3.05, 3.63) is 59.7 Å². The second-order valence-electron chi connectivity index (χ2n) is 9.14. The molecule has 0 saturated heterocycles. The van der Waals surface area contributed by atoms with E-state index in [0.717, 1.165) is 48.1 Å². The van der Waals surface area contributed by atoms with Crippen LogP contribution >= 0.6 is 0 Å². The number of hydrogen-bond acceptors (Lipinski definition) is 5. The van der Waals surface area contributed by atoms with Gasteiger partial charge < -0.3 is 26.2 Å². The highest BCUT2D eigenvalue weighted by Crippen LogP contribution is 2.38. The van der Waals surface area contributed by atoms with Crippen LogP contribution in [0.2, 0.25) is 6.32 Å². The highest BCUT2D eigenvalue weighted by Gasteiger charge is 2.42. The molecule has 1 atom stereocenters. The first-order chi connectivity index (χ1) is 15.6. The number of rotatable bonds is 11. The average molecular weight is 464 g/mol. The fourth-order valence-corrected chi connectivity index (χ4v) is 4.42. The Labute approximate surface area is 193 Å². The quantitative estimate of drug-likeness (QED) is 0.259. The van der Waals surface area contributed by atoms with Gasteiger partial charge in [-0.2, -0.15) is 13.2 Å². The SMILES string of the molecule is NC(CO)(CCCCB(O)O)C1CC(NCc2cccc(-c3ccc(C(F)(F)F)cc3)c2)C1. The number of benzene rings is 2. The summed E-state index contributed by atoms with van der Waals surface area (Å²) in [5.41, 5.74) is 7.77. The van der Waals surface area contributed by atoms with E-state index in [1.807, 2.05) is 24.3 Å². The van der Waals surface area contributed by atoms with Crippen LogP contribution in [-0.2, 0) is 12.7 Å². The fourth-order valence-electron chi connectivity index (χ4n) is 4.42. The molecule has 180 valence electrons. The van der Waals surface area contributed by atoms with Crippen molar-refractivity contribution in [2.24, 2.45) is 11.7 Å². The standard InChI is InChI=1S/C24H32BF3N2O3/c26-24(27,28)20-8-6-18(7-9-20)19-5-3-4-17(12-19)15-30-22-13-21(14-22)23(29,16-31)10-1-2-11-25(32)33/h3-9,12,21-22,30-33H,1-2,10-11,13-16,29H2. The molecule has 2 aromatic carbocycles. The molecule has 0 bridgehead atoms. The summed E-state index contributed by atoms with van der Waals surface area (Å²) in [7, 11) is -1.30. The van der Waals surface area contributed by atoms with E-state index in [9.17, 15) is 18.3 Å². The van der Waals surface area contributed by atoms with Crippen molar-refractivity contribution < 1.29 is 28.3 Å². The van der Waals surface area contributed by atoms with E-state index in [-0.39, 0.29) is 12.5 Å². The van der Waals surface area contributed by atoms with Gasteiger partial charge in [0.15, 0.2) is 0 Å². The molecule has 0 amide bonds. The van der Waals surface area contributed by atoms with E-state index in [2.05, 4.69) is 5.32 Å². The minimum atomic E-state index is -4.34. The largest absolute Gasteiger partial charge is 0.451 e. The summed E-state index contributed by atoms with van der Waals surface area (Å²) in [6.07, 6.45) is -0.286. The van der Waals surface area contributed by atoms with Gasteiger partial charge in [0.2, 0.25) is 0 Å². The smallest absolute Gasteiger partial charge is 0.427 e. The number of halogens is 3. The van der Waals surface area contributed by atoms with Gasteiger partial charge in [0.25, 0.3) is 0 Å². The first-order valence-corrected chi connectivity index (χ1v) is 11.4. The lowest BCUT2D eigenvalue weighted by atomic mass is 9.66. The summed E-state index contributed by atoms with van der Waals surface area (Å²) < 4.78 is 38.4. The van der Waals surface area contributed by atoms with Gasteiger partial charge in [0.05, 0.1) is 12.2 Å². The van der Waals surface area contributed by atoms with Gasteiger partial charge in [0, 0.05) is 18.1 Å². The third kappa shape index (κ3) is 7.04. The van der Waals surface area contributed by atoms with Crippen LogP contribution in [0.25, 0.3) is 11.1 Å². The number of hydrogen-bond donors (Lipinski definition) is 5. The molecule has 2 aromatic rings. The number of aliphatic hydroxyl groups excluding tert-OH is 1. The minimum Gasteiger partial charge on any atom is -0.427 e. The minimum absolute atomic E-state index is 0.0960. The lowest BCUT2D eigenvalue weighted by molar-refractivity contribution is -0.137. The summed E-state index contributed by atoms with van der Waals surface area (Å²) in [5, 5.41) is 31.2. The molecule has 0 aromatic heterocycles. The van der Waals surface area contributed by atoms with Gasteiger partial charge in [-0.05, 0) is 66.4 Å². The molecule has 5 nitrogen and oxygen atoms in total. The maximum absolute atomic E-state index is 12.8. The van der Waals surface area contributed by atoms with Crippen LogP contribution in [0.5, 0.6) is 0 Å². The summed E-state index contributed by atoms with van der Waals surface area (Å²) in [4.78, 5) is 0. The van der Waals surface area contributed by atoms with E-state index in [4.69, 9.17) is 15.8 Å². The Hall–Kier alpha value is -1.91. The second-order valence-corrected chi connectivity index (χ2v) is 9.14. The van der Waals surface area contributed by atoms with Crippen molar-refractivity contribution in [3.63, 3.8) is 0 Å². The van der Waals surface area contributed by atoms with E-state index >= 15 is 0 Å². The summed E-state index contributed by atoms with van der Waals surface area (Å²) in [6.45, 7) is 0.540. The predicted molar refractivity (Wildman–Crippen MR) is 123 cm³/mol. The predicted octanol–water partition coefficient (Wildman–Crippen LogP) is 3.57. The van der Waals surface area contributed by atoms with Crippen LogP contribution < -0.4 is 11.1 Å². The zero-order valence-electron chi connectivity index (χ0n) is 18.6. The van der Waals surface area contributed by atoms with Crippen LogP contribution in [0.1, 0.15) is 43.2 Å². The van der Waals surface area contributed by atoms with Crippen molar-refractivity contribution in [3.8, 4) is 11.1 Å². The summed E-state index contributed by atoms with van der Waals surface area (Å²) in [5.74, 6) is 0.206. The first-order valence-electron chi connectivity index (χ1n) is 11.4. The molecule has 0 spiro atoms. The van der Waals surface area contributed by atoms with Gasteiger partial charge in [-0.1, -0.05) is 43.2 Å². The average Bonchev–Trinajstić information content (AvgIpc) is 2.75. The first kappa shape index (κ1) is 25.7. The third-order valence-electron chi connectivity index (χ3n) is 6.67. The van der Waals surface area contributed by atoms with Gasteiger partial charge >= 0.3 is 13.3 Å². The van der Waals surface area contributed by atoms with Crippen LogP contribution in [0.15, 0.2) is 48.5 Å². The molecule has 1 aliphatic rings. The van der Waals surface area contributed by atoms with Crippen LogP contribution in [-0.4, -0.2) is 40.5 Å². The molecule has 9 heteroatoms. The van der Waals surface area contributed by atoms with Crippen molar-refractivity contribution >= 4 is 7.12 Å². The summed E-state index contributed by atoms with van der Waals surface area (Å²) >= 11 is 0. The lowest BCUT2D eigenvalue weighted by Crippen LogP contribution is -2.58. The lowest BCUT2D eigenvalue weighted by Gasteiger charge is -2.46. The van der Waals surface area contributed by atoms with Crippen LogP contribution in [0.3, 0.4) is 0 Å². The Morgan fingerprint density at radius 1 is 1.00 bits per heavy atom. The number of aliphatic hydroxyl groups is 1. The molecule has 0 heterocycles. The molecule has 0 radical (unpaired) electrons. The zero-order chi connectivity index (χ0) is 24.1. The Kier molecular flexibility index (Phi) is 8.58. The van der Waals surface area contributed by atoms with Gasteiger partial charge in [-0.15, -0.1) is 0 Å². The van der Waals surface area contributed by atoms with E-state index in [0.29, 0.717) is 31.7 Å². The Morgan fingerprint density at radius 3 is 2.30 bits per heavy atom. The van der Waals surface area contributed by atoms with Crippen molar-refractivity contribution in [2.45, 2.75) is 62.7 Å². The Morgan fingerprint density at radius 2 is 1.70 bits per heavy atom. The Bertz CT molecular complexity index is 889. The van der Waals surface area contributed by atoms with Crippen molar-refractivity contribution in [2.75, 3.05) is 6.61 Å². The van der Waals surface area contributed by atoms with Crippen molar-refractivity contribution in [1.82, 2.24) is 5.32 Å². The molecular formula is C24H32BF3N2O3. The third-order valence-corrected chi connectivity index (χ3v) is 6.67. The van der Waals surface area contributed by atoms with E-state index < -0.39 is 24.4 Å². The Balaban J connectivity index is 1.49. The molecule has 1 aliphatic carbocycles. The van der Waals surface area contributed by atoms with Crippen LogP contribution in [0, 0.1) is 5.92 Å². The van der Waals surface area contributed by atoms with Crippen LogP contribution in [0.4, 0.5) is 13.2 Å². The molecule has 1 fully saturated rings. The molecule has 1 saturated carbocycles. The normalized spacial score (nSPS) is 20.2. The van der Waals surface area contributed by atoms with Gasteiger partial charge in [-0.3, -0.25) is 0 Å². The van der Waals surface area contributed by atoms with Crippen molar-refractivity contribution in [1.29, 1.82) is 0 Å². The molecular weight excluding hydrogens is 432 g/mol. The maximum Gasteiger partial charge on any atom is 0.451 e. The van der Waals surface area contributed by atoms with Gasteiger partial charge in [0.1, 0.15) is 0 Å². The highest BCUT2D eigenvalue weighted by atomic mass is 19.4. The molecule has 3 rings (SSSR count). The topological polar surface area (TPSA) is 98.7 Å². The number of nitrogens with two attached hydrogens (primary N) is 1. The molecule has 0 aliphatic heterocycles. The molecule has 1 unspecified atom stereocenters. The number of unbranched alkanes of at least 4 members (excludes halogenated alkanes) is 1. The summed E-state index contributed by atoms with van der Waals surface area (Å²) in [6, 6.07) is 13.2. The molecule has 6 N–H and O–H groups in total. The van der Waals surface area contributed by atoms with Gasteiger partial charge in [-0.25, -0.2) is 0 Å². The second kappa shape index (κ2) is 11.0. The number of alkyl halides is 3. The zero-order valence-corrected chi connectivity index (χ0v) is 18.6. The van der Waals surface area contributed by atoms with E-state index in [1.165, 1.54) is 12.1 Å². The highest BCUT2D eigenvalue weighted by molar-refractivity contribution is 6.40.